The van der Waals surface area contributed by atoms with Crippen LogP contribution in [0.2, 0.25) is 0 Å². The molecule has 0 bridgehead atoms. The normalized spacial score (nSPS) is 9.85. The SMILES string of the molecule is Cc1ccc(C)c(C)c1.Cc1ccc(F)c(C)c1.Cc1cccc(C)c1.Cc1cccc(F)c1.Cc1cccc(OC(F)(F)F)c1.Cc1ccccc1C. The fraction of sp³-hybridized carbons (Fsp3) is 0.250. The van der Waals surface area contributed by atoms with Crippen LogP contribution in [0.25, 0.3) is 0 Å². The molecule has 6 heteroatoms. The predicted octanol–water partition coefficient (Wildman–Crippen LogP) is 14.7. The summed E-state index contributed by atoms with van der Waals surface area (Å²) in [4.78, 5) is 0. The third kappa shape index (κ3) is 22.0. The minimum atomic E-state index is -4.60. The van der Waals surface area contributed by atoms with Crippen molar-refractivity contribution in [1.82, 2.24) is 0 Å². The summed E-state index contributed by atoms with van der Waals surface area (Å²) in [7, 11) is 0. The van der Waals surface area contributed by atoms with Gasteiger partial charge in [-0.05, 0) is 145 Å². The summed E-state index contributed by atoms with van der Waals surface area (Å²) in [6, 6.07) is 40.7. The number of hydrogen-bond donors (Lipinski definition) is 0. The number of alkyl halides is 3. The highest BCUT2D eigenvalue weighted by atomic mass is 19.4. The lowest BCUT2D eigenvalue weighted by atomic mass is 10.1. The molecule has 0 spiro atoms. The van der Waals surface area contributed by atoms with Crippen molar-refractivity contribution < 1.29 is 26.7 Å². The van der Waals surface area contributed by atoms with Crippen molar-refractivity contribution in [2.45, 2.75) is 82.5 Å². The molecule has 0 aliphatic carbocycles. The molecule has 288 valence electrons. The lowest BCUT2D eigenvalue weighted by molar-refractivity contribution is -0.274. The second-order valence-corrected chi connectivity index (χ2v) is 13.2. The van der Waals surface area contributed by atoms with Gasteiger partial charge in [0.25, 0.3) is 0 Å². The maximum absolute atomic E-state index is 12.5. The van der Waals surface area contributed by atoms with E-state index < -0.39 is 6.36 Å². The summed E-state index contributed by atoms with van der Waals surface area (Å²) in [5, 5.41) is 0. The van der Waals surface area contributed by atoms with Crippen molar-refractivity contribution in [2.24, 2.45) is 0 Å². The summed E-state index contributed by atoms with van der Waals surface area (Å²) in [5.74, 6) is -0.465. The molecule has 6 rings (SSSR count). The second kappa shape index (κ2) is 24.2. The van der Waals surface area contributed by atoms with E-state index in [-0.39, 0.29) is 17.4 Å². The van der Waals surface area contributed by atoms with E-state index in [1.54, 1.807) is 32.0 Å². The Morgan fingerprint density at radius 2 is 0.759 bits per heavy atom. The topological polar surface area (TPSA) is 9.23 Å². The third-order valence-corrected chi connectivity index (χ3v) is 7.78. The van der Waals surface area contributed by atoms with E-state index in [9.17, 15) is 22.0 Å². The number of aryl methyl sites for hydroxylation is 11. The van der Waals surface area contributed by atoms with Crippen LogP contribution < -0.4 is 4.74 Å². The third-order valence-electron chi connectivity index (χ3n) is 7.78. The number of rotatable bonds is 1. The van der Waals surface area contributed by atoms with Gasteiger partial charge in [0.1, 0.15) is 17.4 Å². The maximum Gasteiger partial charge on any atom is 0.573 e. The number of hydrogen-bond acceptors (Lipinski definition) is 1. The van der Waals surface area contributed by atoms with E-state index in [4.69, 9.17) is 0 Å². The van der Waals surface area contributed by atoms with Crippen LogP contribution in [0.4, 0.5) is 22.0 Å². The number of halogens is 5. The van der Waals surface area contributed by atoms with Crippen LogP contribution in [-0.4, -0.2) is 6.36 Å². The van der Waals surface area contributed by atoms with Crippen LogP contribution >= 0.6 is 0 Å². The molecule has 0 aromatic heterocycles. The first-order valence-electron chi connectivity index (χ1n) is 17.6. The fourth-order valence-corrected chi connectivity index (χ4v) is 4.57. The monoisotopic (exact) mass is 742 g/mol. The largest absolute Gasteiger partial charge is 0.573 e. The Morgan fingerprint density at radius 3 is 1.09 bits per heavy atom. The van der Waals surface area contributed by atoms with Crippen molar-refractivity contribution >= 4 is 0 Å². The summed E-state index contributed by atoms with van der Waals surface area (Å²) in [5.41, 5.74) is 13.0. The Kier molecular flexibility index (Phi) is 20.9. The molecule has 6 aromatic carbocycles. The zero-order valence-corrected chi connectivity index (χ0v) is 33.5. The van der Waals surface area contributed by atoms with Crippen LogP contribution in [-0.2, 0) is 0 Å². The molecule has 0 N–H and O–H groups in total. The zero-order valence-electron chi connectivity index (χ0n) is 33.5. The van der Waals surface area contributed by atoms with Gasteiger partial charge in [-0.3, -0.25) is 0 Å². The molecule has 6 aromatic rings. The summed E-state index contributed by atoms with van der Waals surface area (Å²) in [6.07, 6.45) is -4.60. The summed E-state index contributed by atoms with van der Waals surface area (Å²) < 4.78 is 63.3. The number of ether oxygens (including phenoxy) is 1. The highest BCUT2D eigenvalue weighted by molar-refractivity contribution is 5.29. The minimum Gasteiger partial charge on any atom is -0.406 e. The maximum atomic E-state index is 12.5. The van der Waals surface area contributed by atoms with Crippen molar-refractivity contribution in [3.8, 4) is 5.75 Å². The van der Waals surface area contributed by atoms with E-state index in [0.717, 1.165) is 22.3 Å². The van der Waals surface area contributed by atoms with Crippen molar-refractivity contribution in [2.75, 3.05) is 0 Å². The van der Waals surface area contributed by atoms with Gasteiger partial charge in [-0.1, -0.05) is 125 Å². The van der Waals surface area contributed by atoms with Gasteiger partial charge in [-0.15, -0.1) is 13.2 Å². The van der Waals surface area contributed by atoms with Gasteiger partial charge >= 0.3 is 6.36 Å². The molecule has 0 saturated carbocycles. The quantitative estimate of drug-likeness (QED) is 0.152. The van der Waals surface area contributed by atoms with E-state index in [1.165, 1.54) is 75.3 Å². The average Bonchev–Trinajstić information content (AvgIpc) is 3.07. The van der Waals surface area contributed by atoms with Crippen LogP contribution in [0, 0.1) is 87.8 Å². The smallest absolute Gasteiger partial charge is 0.406 e. The molecule has 0 atom stereocenters. The minimum absolute atomic E-state index is 0.124. The molecular formula is C48H55F5O. The molecule has 0 aliphatic heterocycles. The molecule has 0 amide bonds. The first-order chi connectivity index (χ1) is 25.2. The Labute approximate surface area is 320 Å². The number of benzene rings is 6. The lowest BCUT2D eigenvalue weighted by Crippen LogP contribution is -2.17. The van der Waals surface area contributed by atoms with E-state index in [1.807, 2.05) is 26.0 Å². The summed E-state index contributed by atoms with van der Waals surface area (Å²) in [6.45, 7) is 22.1. The van der Waals surface area contributed by atoms with Gasteiger partial charge in [0.2, 0.25) is 0 Å². The van der Waals surface area contributed by atoms with Crippen LogP contribution in [0.1, 0.15) is 61.2 Å². The van der Waals surface area contributed by atoms with Gasteiger partial charge in [-0.25, -0.2) is 8.78 Å². The molecule has 0 radical (unpaired) electrons. The molecule has 0 saturated heterocycles. The fourth-order valence-electron chi connectivity index (χ4n) is 4.57. The Balaban J connectivity index is 0.000000326. The molecular weight excluding hydrogens is 688 g/mol. The van der Waals surface area contributed by atoms with Crippen molar-refractivity contribution in [3.05, 3.63) is 206 Å². The molecule has 1 nitrogen and oxygen atoms in total. The Morgan fingerprint density at radius 1 is 0.352 bits per heavy atom. The van der Waals surface area contributed by atoms with E-state index in [0.29, 0.717) is 0 Å². The molecule has 0 heterocycles. The molecule has 54 heavy (non-hydrogen) atoms. The van der Waals surface area contributed by atoms with Crippen molar-refractivity contribution in [1.29, 1.82) is 0 Å². The standard InChI is InChI=1S/C9H12.C8H7F3O.C8H9F.2C8H10.C7H7F/c1-7-4-5-8(2)9(3)6-7;1-6-3-2-4-7(5-6)12-8(9,10)11;1-6-3-4-8(9)7(2)5-6;1-7-4-3-5-8(2)6-7;1-7-5-3-4-6-8(7)2;1-6-3-2-4-7(8)5-6/h4-6H,1-3H3;2-5H,1H3;3-5H,1-2H3;2*3-6H,1-2H3;2-5H,1H3. The van der Waals surface area contributed by atoms with Crippen LogP contribution in [0.15, 0.2) is 133 Å². The van der Waals surface area contributed by atoms with Gasteiger partial charge in [0.15, 0.2) is 0 Å². The average molecular weight is 743 g/mol. The summed E-state index contributed by atoms with van der Waals surface area (Å²) >= 11 is 0. The molecule has 0 fully saturated rings. The van der Waals surface area contributed by atoms with Gasteiger partial charge in [-0.2, -0.15) is 0 Å². The highest BCUT2D eigenvalue weighted by Gasteiger charge is 2.30. The van der Waals surface area contributed by atoms with Crippen LogP contribution in [0.3, 0.4) is 0 Å². The molecule has 0 aliphatic rings. The van der Waals surface area contributed by atoms with E-state index in [2.05, 4.69) is 120 Å². The van der Waals surface area contributed by atoms with Crippen molar-refractivity contribution in [3.63, 3.8) is 0 Å². The highest BCUT2D eigenvalue weighted by Crippen LogP contribution is 2.22. The Bertz CT molecular complexity index is 1830. The first kappa shape index (κ1) is 46.8. The van der Waals surface area contributed by atoms with Gasteiger partial charge in [0, 0.05) is 0 Å². The predicted molar refractivity (Wildman–Crippen MR) is 217 cm³/mol. The van der Waals surface area contributed by atoms with Gasteiger partial charge < -0.3 is 4.74 Å². The van der Waals surface area contributed by atoms with Gasteiger partial charge in [0.05, 0.1) is 0 Å². The zero-order chi connectivity index (χ0) is 40.8. The Hall–Kier alpha value is -5.23. The van der Waals surface area contributed by atoms with Crippen LogP contribution in [0.5, 0.6) is 5.75 Å². The first-order valence-corrected chi connectivity index (χ1v) is 17.6. The van der Waals surface area contributed by atoms with E-state index >= 15 is 0 Å². The lowest BCUT2D eigenvalue weighted by Gasteiger charge is -2.08. The second-order valence-electron chi connectivity index (χ2n) is 13.2. The molecule has 0 unspecified atom stereocenters.